The van der Waals surface area contributed by atoms with Crippen molar-refractivity contribution in [2.24, 2.45) is 5.73 Å². The smallest absolute Gasteiger partial charge is 0.333 e. The SMILES string of the molecule is Cc1c([C@H]2c3c([nH]c4cc(C(C)(C)O)ccc34)C(C(N)O)C[C@H]2F)cccc1-n1c(=O)[nH]c2c(F)cc(F)cc2c1=O. The van der Waals surface area contributed by atoms with Crippen molar-refractivity contribution in [3.05, 3.63) is 109 Å². The van der Waals surface area contributed by atoms with Crippen molar-refractivity contribution < 1.29 is 23.4 Å². The van der Waals surface area contributed by atoms with Gasteiger partial charge >= 0.3 is 5.69 Å². The highest BCUT2D eigenvalue weighted by atomic mass is 19.1. The summed E-state index contributed by atoms with van der Waals surface area (Å²) in [7, 11) is 0. The molecule has 0 saturated heterocycles. The molecular formula is C31H29F3N4O4. The van der Waals surface area contributed by atoms with Gasteiger partial charge in [-0.1, -0.05) is 24.3 Å². The third-order valence-corrected chi connectivity index (χ3v) is 8.36. The number of aliphatic hydroxyl groups excluding tert-OH is 1. The number of aromatic nitrogens is 3. The van der Waals surface area contributed by atoms with Crippen molar-refractivity contribution in [1.29, 1.82) is 0 Å². The molecule has 1 aliphatic carbocycles. The highest BCUT2D eigenvalue weighted by Crippen LogP contribution is 2.49. The third-order valence-electron chi connectivity index (χ3n) is 8.36. The molecule has 0 aliphatic heterocycles. The molecule has 4 atom stereocenters. The summed E-state index contributed by atoms with van der Waals surface area (Å²) >= 11 is 0. The van der Waals surface area contributed by atoms with E-state index in [1.165, 1.54) is 6.07 Å². The maximum Gasteiger partial charge on any atom is 0.333 e. The standard InChI is InChI=1S/C31H29F3N4O4/c1-13-16(5-4-6-23(13)38-29(40)19-10-15(32)11-21(34)26(19)37-30(38)41)24-20(33)12-18(28(35)39)27-25(24)17-8-7-14(31(2,3)42)9-22(17)36-27/h4-11,18,20,24,28,36,39,42H,12,35H2,1-3H3,(H,37,41)/t18?,20-,24-,28?/m1/s1. The van der Waals surface area contributed by atoms with Crippen LogP contribution in [0.4, 0.5) is 13.2 Å². The van der Waals surface area contributed by atoms with E-state index in [1.807, 2.05) is 0 Å². The molecule has 42 heavy (non-hydrogen) atoms. The molecule has 0 radical (unpaired) electrons. The Balaban J connectivity index is 1.59. The third kappa shape index (κ3) is 4.27. The van der Waals surface area contributed by atoms with Gasteiger partial charge in [-0.3, -0.25) is 4.79 Å². The van der Waals surface area contributed by atoms with Gasteiger partial charge in [-0.15, -0.1) is 0 Å². The molecule has 0 spiro atoms. The quantitative estimate of drug-likeness (QED) is 0.204. The van der Waals surface area contributed by atoms with E-state index in [0.717, 1.165) is 10.6 Å². The van der Waals surface area contributed by atoms with Gasteiger partial charge in [0.2, 0.25) is 0 Å². The Labute approximate surface area is 237 Å². The van der Waals surface area contributed by atoms with Gasteiger partial charge in [0.05, 0.1) is 22.2 Å². The lowest BCUT2D eigenvalue weighted by Crippen LogP contribution is -2.37. The average molecular weight is 579 g/mol. The van der Waals surface area contributed by atoms with Gasteiger partial charge in [-0.2, -0.15) is 0 Å². The molecule has 1 aliphatic rings. The van der Waals surface area contributed by atoms with E-state index in [0.29, 0.717) is 44.9 Å². The Morgan fingerprint density at radius 3 is 2.50 bits per heavy atom. The number of hydrogen-bond acceptors (Lipinski definition) is 5. The first-order chi connectivity index (χ1) is 19.8. The van der Waals surface area contributed by atoms with Crippen LogP contribution in [0.1, 0.15) is 60.1 Å². The summed E-state index contributed by atoms with van der Waals surface area (Å²) in [6, 6.07) is 11.5. The number of rotatable bonds is 4. The van der Waals surface area contributed by atoms with E-state index >= 15 is 4.39 Å². The van der Waals surface area contributed by atoms with Crippen molar-refractivity contribution >= 4 is 21.8 Å². The zero-order valence-electron chi connectivity index (χ0n) is 23.0. The molecule has 6 N–H and O–H groups in total. The first-order valence-electron chi connectivity index (χ1n) is 13.5. The highest BCUT2D eigenvalue weighted by molar-refractivity contribution is 5.87. The zero-order chi connectivity index (χ0) is 30.2. The molecule has 2 aromatic heterocycles. The van der Waals surface area contributed by atoms with Crippen LogP contribution in [0.15, 0.2) is 58.1 Å². The fraction of sp³-hybridized carbons (Fsp3) is 0.290. The van der Waals surface area contributed by atoms with E-state index < -0.39 is 58.2 Å². The number of H-pyrrole nitrogens is 2. The number of halogens is 3. The summed E-state index contributed by atoms with van der Waals surface area (Å²) < 4.78 is 45.3. The summed E-state index contributed by atoms with van der Waals surface area (Å²) in [6.07, 6.45) is -2.94. The van der Waals surface area contributed by atoms with Gasteiger partial charge in [0.1, 0.15) is 18.2 Å². The van der Waals surface area contributed by atoms with E-state index in [1.54, 1.807) is 51.1 Å². The Morgan fingerprint density at radius 1 is 1.07 bits per heavy atom. The molecule has 11 heteroatoms. The molecule has 0 bridgehead atoms. The number of nitrogens with zero attached hydrogens (tertiary/aromatic N) is 1. The van der Waals surface area contributed by atoms with Crippen LogP contribution in [-0.4, -0.2) is 37.1 Å². The first kappa shape index (κ1) is 28.0. The number of benzene rings is 3. The molecule has 3 aromatic carbocycles. The van der Waals surface area contributed by atoms with Gasteiger partial charge in [0, 0.05) is 34.5 Å². The number of alkyl halides is 1. The topological polar surface area (TPSA) is 137 Å². The Bertz CT molecular complexity index is 2000. The van der Waals surface area contributed by atoms with Crippen LogP contribution in [0, 0.1) is 18.6 Å². The van der Waals surface area contributed by atoms with Gasteiger partial charge < -0.3 is 25.9 Å². The van der Waals surface area contributed by atoms with Gasteiger partial charge in [-0.25, -0.2) is 22.5 Å². The van der Waals surface area contributed by atoms with E-state index in [-0.39, 0.29) is 17.5 Å². The molecule has 0 amide bonds. The molecule has 6 rings (SSSR count). The Hall–Kier alpha value is -4.19. The fourth-order valence-electron chi connectivity index (χ4n) is 6.27. The molecule has 5 aromatic rings. The lowest BCUT2D eigenvalue weighted by atomic mass is 9.73. The van der Waals surface area contributed by atoms with E-state index in [9.17, 15) is 28.6 Å². The maximum absolute atomic E-state index is 16.2. The van der Waals surface area contributed by atoms with Crippen LogP contribution in [0.25, 0.3) is 27.5 Å². The minimum Gasteiger partial charge on any atom is -0.386 e. The summed E-state index contributed by atoms with van der Waals surface area (Å²) in [5, 5.41) is 21.2. The van der Waals surface area contributed by atoms with Crippen LogP contribution < -0.4 is 17.0 Å². The number of nitrogens with two attached hydrogens (primary N) is 1. The monoisotopic (exact) mass is 578 g/mol. The van der Waals surface area contributed by atoms with Gasteiger partial charge in [0.15, 0.2) is 5.82 Å². The van der Waals surface area contributed by atoms with Crippen LogP contribution >= 0.6 is 0 Å². The summed E-state index contributed by atoms with van der Waals surface area (Å²) in [5.41, 5.74) is 5.89. The number of hydrogen-bond donors (Lipinski definition) is 5. The van der Waals surface area contributed by atoms with Crippen molar-refractivity contribution in [2.45, 2.75) is 57.0 Å². The summed E-state index contributed by atoms with van der Waals surface area (Å²) in [6.45, 7) is 4.94. The number of nitrogens with one attached hydrogen (secondary N) is 2. The lowest BCUT2D eigenvalue weighted by molar-refractivity contribution is 0.0787. The molecule has 2 heterocycles. The minimum atomic E-state index is -1.50. The second kappa shape index (κ2) is 9.69. The van der Waals surface area contributed by atoms with Crippen molar-refractivity contribution in [2.75, 3.05) is 0 Å². The molecular weight excluding hydrogens is 549 g/mol. The van der Waals surface area contributed by atoms with Crippen LogP contribution in [0.2, 0.25) is 0 Å². The lowest BCUT2D eigenvalue weighted by Gasteiger charge is -2.34. The molecule has 8 nitrogen and oxygen atoms in total. The van der Waals surface area contributed by atoms with Crippen LogP contribution in [-0.2, 0) is 5.60 Å². The van der Waals surface area contributed by atoms with Crippen molar-refractivity contribution in [3.8, 4) is 5.69 Å². The minimum absolute atomic E-state index is 0.0980. The normalized spacial score (nSPS) is 19.8. The zero-order valence-corrected chi connectivity index (χ0v) is 23.0. The summed E-state index contributed by atoms with van der Waals surface area (Å²) in [5.74, 6) is -3.65. The van der Waals surface area contributed by atoms with Crippen LogP contribution in [0.3, 0.4) is 0 Å². The van der Waals surface area contributed by atoms with Crippen molar-refractivity contribution in [1.82, 2.24) is 14.5 Å². The largest absolute Gasteiger partial charge is 0.386 e. The predicted molar refractivity (Wildman–Crippen MR) is 153 cm³/mol. The molecule has 0 saturated carbocycles. The molecule has 218 valence electrons. The van der Waals surface area contributed by atoms with E-state index in [2.05, 4.69) is 9.97 Å². The van der Waals surface area contributed by atoms with E-state index in [4.69, 9.17) is 5.73 Å². The maximum atomic E-state index is 16.2. The Morgan fingerprint density at radius 2 is 1.81 bits per heavy atom. The van der Waals surface area contributed by atoms with Crippen molar-refractivity contribution in [3.63, 3.8) is 0 Å². The molecule has 2 unspecified atom stereocenters. The fourth-order valence-corrected chi connectivity index (χ4v) is 6.27. The average Bonchev–Trinajstić information content (AvgIpc) is 3.28. The number of aliphatic hydroxyl groups is 2. The second-order valence-corrected chi connectivity index (χ2v) is 11.5. The Kier molecular flexibility index (Phi) is 6.45. The van der Waals surface area contributed by atoms with Gasteiger partial charge in [-0.05, 0) is 67.6 Å². The highest BCUT2D eigenvalue weighted by Gasteiger charge is 2.41. The first-order valence-corrected chi connectivity index (χ1v) is 13.5. The predicted octanol–water partition coefficient (Wildman–Crippen LogP) is 4.21. The number of fused-ring (bicyclic) bond motifs is 4. The summed E-state index contributed by atoms with van der Waals surface area (Å²) in [4.78, 5) is 32.1. The van der Waals surface area contributed by atoms with Gasteiger partial charge in [0.25, 0.3) is 5.56 Å². The second-order valence-electron chi connectivity index (χ2n) is 11.5. The number of aromatic amines is 2. The molecule has 0 fully saturated rings. The van der Waals surface area contributed by atoms with Crippen LogP contribution in [0.5, 0.6) is 0 Å².